The maximum absolute atomic E-state index is 13.2. The smallest absolute Gasteiger partial charge is 0.363 e. The van der Waals surface area contributed by atoms with Crippen LogP contribution in [0.25, 0.3) is 5.78 Å². The average Bonchev–Trinajstić information content (AvgIpc) is 3.23. The second-order valence-electron chi connectivity index (χ2n) is 6.95. The number of carbonyl (C=O) groups excluding carboxylic acids is 1. The van der Waals surface area contributed by atoms with Crippen molar-refractivity contribution in [2.75, 3.05) is 10.6 Å². The van der Waals surface area contributed by atoms with Crippen molar-refractivity contribution in [2.24, 2.45) is 0 Å². The Balaban J connectivity index is 1.50. The van der Waals surface area contributed by atoms with E-state index < -0.39 is 29.6 Å². The fourth-order valence-electron chi connectivity index (χ4n) is 3.03. The largest absolute Gasteiger partial charge is 0.433 e. The van der Waals surface area contributed by atoms with Crippen LogP contribution in [0.4, 0.5) is 29.1 Å². The number of fused-ring (bicyclic) bond motifs is 1. The third-order valence-corrected chi connectivity index (χ3v) is 4.68. The first kappa shape index (κ1) is 21.2. The van der Waals surface area contributed by atoms with Crippen LogP contribution in [0.3, 0.4) is 0 Å². The molecular weight excluding hydrogens is 428 g/mol. The highest BCUT2D eigenvalue weighted by Gasteiger charge is 2.34. The van der Waals surface area contributed by atoms with E-state index >= 15 is 0 Å². The molecule has 0 saturated carbocycles. The van der Waals surface area contributed by atoms with Crippen LogP contribution in [0.1, 0.15) is 34.6 Å². The number of alkyl halides is 3. The molecule has 2 heterocycles. The maximum Gasteiger partial charge on any atom is 0.433 e. The van der Waals surface area contributed by atoms with Gasteiger partial charge in [0.25, 0.3) is 11.7 Å². The van der Waals surface area contributed by atoms with Gasteiger partial charge < -0.3 is 10.6 Å². The summed E-state index contributed by atoms with van der Waals surface area (Å²) in [5, 5.41) is 9.60. The Kier molecular flexibility index (Phi) is 5.47. The minimum absolute atomic E-state index is 0.0843. The topological polar surface area (TPSA) is 84.2 Å². The molecule has 0 radical (unpaired) electrons. The van der Waals surface area contributed by atoms with Crippen LogP contribution >= 0.6 is 0 Å². The number of hydrogen-bond donors (Lipinski definition) is 2. The third kappa shape index (κ3) is 4.51. The molecule has 32 heavy (non-hydrogen) atoms. The summed E-state index contributed by atoms with van der Waals surface area (Å²) in [5.41, 5.74) is 0.493. The number of rotatable bonds is 5. The molecule has 2 N–H and O–H groups in total. The summed E-state index contributed by atoms with van der Waals surface area (Å²) in [4.78, 5) is 19.5. The van der Waals surface area contributed by atoms with Gasteiger partial charge >= 0.3 is 6.18 Å². The van der Waals surface area contributed by atoms with E-state index in [4.69, 9.17) is 0 Å². The molecule has 164 valence electrons. The zero-order valence-electron chi connectivity index (χ0n) is 16.6. The molecule has 0 aliphatic heterocycles. The highest BCUT2D eigenvalue weighted by atomic mass is 19.4. The first-order valence-electron chi connectivity index (χ1n) is 9.42. The summed E-state index contributed by atoms with van der Waals surface area (Å²) < 4.78 is 53.6. The maximum atomic E-state index is 13.2. The van der Waals surface area contributed by atoms with Crippen LogP contribution in [-0.2, 0) is 6.18 Å². The Morgan fingerprint density at radius 2 is 1.75 bits per heavy atom. The van der Waals surface area contributed by atoms with Crippen molar-refractivity contribution in [1.29, 1.82) is 0 Å². The summed E-state index contributed by atoms with van der Waals surface area (Å²) in [7, 11) is 0. The lowest BCUT2D eigenvalue weighted by Gasteiger charge is -2.18. The van der Waals surface area contributed by atoms with Crippen molar-refractivity contribution in [1.82, 2.24) is 19.6 Å². The van der Waals surface area contributed by atoms with Crippen LogP contribution in [0.5, 0.6) is 0 Å². The number of amides is 1. The molecule has 0 unspecified atom stereocenters. The van der Waals surface area contributed by atoms with Crippen LogP contribution in [-0.4, -0.2) is 25.5 Å². The van der Waals surface area contributed by atoms with Gasteiger partial charge in [0, 0.05) is 23.4 Å². The van der Waals surface area contributed by atoms with Crippen molar-refractivity contribution in [3.05, 3.63) is 83.6 Å². The van der Waals surface area contributed by atoms with Gasteiger partial charge in [-0.15, -0.1) is 0 Å². The number of nitrogens with one attached hydrogen (secondary N) is 2. The number of carbonyl (C=O) groups is 1. The van der Waals surface area contributed by atoms with Crippen molar-refractivity contribution < 1.29 is 22.4 Å². The number of nitrogens with zero attached hydrogens (tertiary/aromatic N) is 4. The van der Waals surface area contributed by atoms with E-state index in [0.29, 0.717) is 11.3 Å². The Morgan fingerprint density at radius 3 is 2.41 bits per heavy atom. The molecule has 2 aromatic carbocycles. The second kappa shape index (κ2) is 8.25. The van der Waals surface area contributed by atoms with E-state index in [0.717, 1.165) is 18.0 Å². The molecule has 0 spiro atoms. The highest BCUT2D eigenvalue weighted by molar-refractivity contribution is 6.04. The summed E-state index contributed by atoms with van der Waals surface area (Å²) in [5.74, 6) is -0.921. The standard InChI is InChI=1S/C21H16F4N6O/c1-12(28-18-10-17(21(23,24)25)30-20-26-11-27-31(18)20)13-4-8-16(9-5-13)29-19(32)14-2-6-15(22)7-3-14/h2-12,28H,1H3,(H,29,32)/t12-/m0/s1. The molecule has 1 atom stereocenters. The van der Waals surface area contributed by atoms with Crippen LogP contribution in [0, 0.1) is 5.82 Å². The van der Waals surface area contributed by atoms with E-state index in [-0.39, 0.29) is 11.6 Å². The summed E-state index contributed by atoms with van der Waals surface area (Å²) in [6.07, 6.45) is -3.51. The van der Waals surface area contributed by atoms with Crippen molar-refractivity contribution in [3.63, 3.8) is 0 Å². The summed E-state index contributed by atoms with van der Waals surface area (Å²) >= 11 is 0. The van der Waals surface area contributed by atoms with Gasteiger partial charge in [-0.2, -0.15) is 27.8 Å². The predicted molar refractivity (Wildman–Crippen MR) is 109 cm³/mol. The van der Waals surface area contributed by atoms with Crippen molar-refractivity contribution >= 4 is 23.2 Å². The molecule has 0 aliphatic carbocycles. The molecule has 0 saturated heterocycles. The van der Waals surface area contributed by atoms with Crippen LogP contribution < -0.4 is 10.6 Å². The summed E-state index contributed by atoms with van der Waals surface area (Å²) in [6.45, 7) is 1.77. The fraction of sp³-hybridized carbons (Fsp3) is 0.143. The molecule has 0 fully saturated rings. The quantitative estimate of drug-likeness (QED) is 0.436. The van der Waals surface area contributed by atoms with Gasteiger partial charge in [-0.3, -0.25) is 4.79 Å². The van der Waals surface area contributed by atoms with Gasteiger partial charge in [-0.1, -0.05) is 12.1 Å². The Labute approximate surface area is 179 Å². The lowest BCUT2D eigenvalue weighted by atomic mass is 10.1. The van der Waals surface area contributed by atoms with E-state index in [2.05, 4.69) is 25.7 Å². The van der Waals surface area contributed by atoms with Crippen molar-refractivity contribution in [3.8, 4) is 0 Å². The zero-order chi connectivity index (χ0) is 22.9. The number of anilines is 2. The van der Waals surface area contributed by atoms with Crippen LogP contribution in [0.2, 0.25) is 0 Å². The molecule has 4 rings (SSSR count). The van der Waals surface area contributed by atoms with E-state index in [1.165, 1.54) is 28.8 Å². The first-order chi connectivity index (χ1) is 15.2. The monoisotopic (exact) mass is 444 g/mol. The van der Waals surface area contributed by atoms with Gasteiger partial charge in [-0.25, -0.2) is 9.37 Å². The number of benzene rings is 2. The number of halogens is 4. The first-order valence-corrected chi connectivity index (χ1v) is 9.42. The Hall–Kier alpha value is -4.02. The zero-order valence-corrected chi connectivity index (χ0v) is 16.6. The Bertz CT molecular complexity index is 1250. The normalized spacial score (nSPS) is 12.5. The molecule has 4 aromatic rings. The second-order valence-corrected chi connectivity index (χ2v) is 6.95. The predicted octanol–water partition coefficient (Wildman–Crippen LogP) is 4.71. The Morgan fingerprint density at radius 1 is 1.06 bits per heavy atom. The SMILES string of the molecule is C[C@H](Nc1cc(C(F)(F)F)nc2ncnn12)c1ccc(NC(=O)c2ccc(F)cc2)cc1. The molecule has 0 bridgehead atoms. The highest BCUT2D eigenvalue weighted by Crippen LogP contribution is 2.30. The van der Waals surface area contributed by atoms with Gasteiger partial charge in [0.2, 0.25) is 0 Å². The summed E-state index contributed by atoms with van der Waals surface area (Å²) in [6, 6.07) is 12.4. The lowest BCUT2D eigenvalue weighted by Crippen LogP contribution is -2.15. The third-order valence-electron chi connectivity index (χ3n) is 4.68. The molecule has 1 amide bonds. The molecule has 0 aliphatic rings. The lowest BCUT2D eigenvalue weighted by molar-refractivity contribution is -0.141. The fourth-order valence-corrected chi connectivity index (χ4v) is 3.03. The van der Waals surface area contributed by atoms with Gasteiger partial charge in [0.1, 0.15) is 18.0 Å². The van der Waals surface area contributed by atoms with Crippen molar-refractivity contribution in [2.45, 2.75) is 19.1 Å². The van der Waals surface area contributed by atoms with Crippen LogP contribution in [0.15, 0.2) is 60.9 Å². The molecular formula is C21H16F4N6O. The molecule has 11 heteroatoms. The van der Waals surface area contributed by atoms with Gasteiger partial charge in [-0.05, 0) is 48.9 Å². The molecule has 7 nitrogen and oxygen atoms in total. The van der Waals surface area contributed by atoms with E-state index in [9.17, 15) is 22.4 Å². The van der Waals surface area contributed by atoms with Gasteiger partial charge in [0.05, 0.1) is 0 Å². The van der Waals surface area contributed by atoms with E-state index in [1.54, 1.807) is 31.2 Å². The average molecular weight is 444 g/mol. The number of aromatic nitrogens is 4. The van der Waals surface area contributed by atoms with E-state index in [1.807, 2.05) is 0 Å². The van der Waals surface area contributed by atoms with Gasteiger partial charge in [0.15, 0.2) is 5.69 Å². The molecule has 2 aromatic heterocycles. The minimum Gasteiger partial charge on any atom is -0.363 e. The number of hydrogen-bond acceptors (Lipinski definition) is 5. The minimum atomic E-state index is -4.63.